The van der Waals surface area contributed by atoms with Crippen molar-refractivity contribution in [1.29, 1.82) is 0 Å². The first-order valence-electron chi connectivity index (χ1n) is 14.8. The van der Waals surface area contributed by atoms with Gasteiger partial charge in [-0.25, -0.2) is 19.3 Å². The molecule has 4 aromatic rings. The third-order valence-electron chi connectivity index (χ3n) is 9.33. The Kier molecular flexibility index (Phi) is 8.65. The number of fused-ring (bicyclic) bond motifs is 1. The maximum atomic E-state index is 15.2. The predicted molar refractivity (Wildman–Crippen MR) is 177 cm³/mol. The number of nitrogens with zero attached hydrogens (tertiary/aromatic N) is 4. The zero-order valence-corrected chi connectivity index (χ0v) is 29.8. The molecule has 1 aliphatic heterocycles. The zero-order chi connectivity index (χ0) is 32.2. The van der Waals surface area contributed by atoms with Crippen LogP contribution in [-0.2, 0) is 33.8 Å². The Hall–Kier alpha value is -2.64. The van der Waals surface area contributed by atoms with Gasteiger partial charge in [0.2, 0.25) is 5.88 Å². The fourth-order valence-electron chi connectivity index (χ4n) is 5.02. The average Bonchev–Trinajstić information content (AvgIpc) is 3.32. The van der Waals surface area contributed by atoms with Crippen LogP contribution < -0.4 is 10.2 Å². The predicted octanol–water partition coefficient (Wildman–Crippen LogP) is 7.41. The molecule has 8 nitrogen and oxygen atoms in total. The summed E-state index contributed by atoms with van der Waals surface area (Å²) in [6, 6.07) is 10.1. The highest BCUT2D eigenvalue weighted by Crippen LogP contribution is 2.43. The standard InChI is InChI=1S/C32H41BBrFN4O4Si/c1-20-12-11-13-26(38-20)41-25-15-14-21(16-22(25)35)33-42-31(5,6)32(7,43-33)17-24-28(34)27-23(36-19-37-29(27)39(24)8)18-40-44(9,10)30(2,3)4/h11-16,19H,17-18H2,1-10H3. The van der Waals surface area contributed by atoms with Gasteiger partial charge in [-0.3, -0.25) is 0 Å². The molecule has 3 aromatic heterocycles. The lowest BCUT2D eigenvalue weighted by atomic mass is 9.79. The van der Waals surface area contributed by atoms with E-state index in [2.05, 4.69) is 69.3 Å². The summed E-state index contributed by atoms with van der Waals surface area (Å²) in [7, 11) is -0.758. The normalized spacial score (nSPS) is 18.8. The van der Waals surface area contributed by atoms with Crippen LogP contribution in [0.4, 0.5) is 4.39 Å². The fourth-order valence-corrected chi connectivity index (χ4v) is 6.76. The number of rotatable bonds is 8. The van der Waals surface area contributed by atoms with Crippen LogP contribution in [0.15, 0.2) is 47.2 Å². The molecule has 1 saturated heterocycles. The summed E-state index contributed by atoms with van der Waals surface area (Å²) in [5.41, 5.74) is 2.54. The molecule has 1 aromatic carbocycles. The largest absolute Gasteiger partial charge is 0.494 e. The lowest BCUT2D eigenvalue weighted by Gasteiger charge is -2.36. The van der Waals surface area contributed by atoms with E-state index < -0.39 is 32.5 Å². The summed E-state index contributed by atoms with van der Waals surface area (Å²) in [6.07, 6.45) is 2.10. The number of aryl methyl sites for hydroxylation is 2. The van der Waals surface area contributed by atoms with E-state index in [1.165, 1.54) is 6.07 Å². The van der Waals surface area contributed by atoms with Crippen molar-refractivity contribution in [3.05, 3.63) is 70.1 Å². The molecule has 4 heterocycles. The highest BCUT2D eigenvalue weighted by atomic mass is 79.9. The quantitative estimate of drug-likeness (QED) is 0.179. The van der Waals surface area contributed by atoms with Crippen molar-refractivity contribution < 1.29 is 22.9 Å². The van der Waals surface area contributed by atoms with E-state index in [1.54, 1.807) is 24.5 Å². The van der Waals surface area contributed by atoms with Crippen molar-refractivity contribution >= 4 is 47.9 Å². The lowest BCUT2D eigenvalue weighted by molar-refractivity contribution is -0.00992. The third-order valence-corrected chi connectivity index (χ3v) is 14.7. The molecule has 1 unspecified atom stereocenters. The van der Waals surface area contributed by atoms with Crippen LogP contribution >= 0.6 is 15.9 Å². The molecule has 0 aliphatic carbocycles. The van der Waals surface area contributed by atoms with Crippen molar-refractivity contribution in [2.45, 2.75) is 90.8 Å². The Morgan fingerprint density at radius 1 is 1.09 bits per heavy atom. The van der Waals surface area contributed by atoms with Crippen molar-refractivity contribution in [3.63, 3.8) is 0 Å². The van der Waals surface area contributed by atoms with Crippen LogP contribution in [0.3, 0.4) is 0 Å². The molecular weight excluding hydrogens is 642 g/mol. The summed E-state index contributed by atoms with van der Waals surface area (Å²) in [6.45, 7) is 19.4. The molecule has 0 radical (unpaired) electrons. The van der Waals surface area contributed by atoms with Gasteiger partial charge in [0.05, 0.1) is 33.4 Å². The van der Waals surface area contributed by atoms with Gasteiger partial charge in [0, 0.05) is 30.9 Å². The first-order valence-corrected chi connectivity index (χ1v) is 18.5. The van der Waals surface area contributed by atoms with Crippen LogP contribution in [0, 0.1) is 12.7 Å². The number of aromatic nitrogens is 4. The van der Waals surface area contributed by atoms with E-state index in [9.17, 15) is 0 Å². The number of halogens is 2. The molecule has 1 aliphatic rings. The first-order chi connectivity index (χ1) is 20.4. The van der Waals surface area contributed by atoms with Gasteiger partial charge < -0.3 is 23.0 Å². The van der Waals surface area contributed by atoms with Crippen LogP contribution in [-0.4, -0.2) is 46.2 Å². The van der Waals surface area contributed by atoms with E-state index >= 15 is 4.39 Å². The minimum absolute atomic E-state index is 0.0840. The Bertz CT molecular complexity index is 1710. The van der Waals surface area contributed by atoms with Gasteiger partial charge in [0.25, 0.3) is 0 Å². The Morgan fingerprint density at radius 2 is 1.82 bits per heavy atom. The second-order valence-electron chi connectivity index (χ2n) is 13.8. The smallest absolute Gasteiger partial charge is 0.436 e. The monoisotopic (exact) mass is 682 g/mol. The summed E-state index contributed by atoms with van der Waals surface area (Å²) in [5.74, 6) is -0.105. The number of ether oxygens (including phenoxy) is 1. The molecule has 0 amide bonds. The minimum atomic E-state index is -1.99. The second-order valence-corrected chi connectivity index (χ2v) is 19.4. The minimum Gasteiger partial charge on any atom is -0.436 e. The van der Waals surface area contributed by atoms with Gasteiger partial charge in [-0.05, 0) is 85.4 Å². The van der Waals surface area contributed by atoms with E-state index in [-0.39, 0.29) is 10.8 Å². The van der Waals surface area contributed by atoms with Gasteiger partial charge >= 0.3 is 7.12 Å². The van der Waals surface area contributed by atoms with Crippen LogP contribution in [0.5, 0.6) is 11.6 Å². The van der Waals surface area contributed by atoms with Gasteiger partial charge in [-0.15, -0.1) is 0 Å². The van der Waals surface area contributed by atoms with Crippen LogP contribution in [0.2, 0.25) is 18.1 Å². The highest BCUT2D eigenvalue weighted by Gasteiger charge is 2.55. The van der Waals surface area contributed by atoms with Crippen LogP contribution in [0.25, 0.3) is 11.0 Å². The maximum absolute atomic E-state index is 15.2. The van der Waals surface area contributed by atoms with E-state index in [0.717, 1.165) is 32.6 Å². The topological polar surface area (TPSA) is 80.5 Å². The zero-order valence-electron chi connectivity index (χ0n) is 27.2. The number of pyridine rings is 1. The second kappa shape index (κ2) is 11.6. The number of hydrogen-bond acceptors (Lipinski definition) is 7. The van der Waals surface area contributed by atoms with Crippen molar-refractivity contribution in [2.24, 2.45) is 7.05 Å². The molecule has 0 bridgehead atoms. The van der Waals surface area contributed by atoms with Gasteiger partial charge in [0.15, 0.2) is 19.9 Å². The molecule has 44 heavy (non-hydrogen) atoms. The molecule has 234 valence electrons. The Balaban J connectivity index is 1.40. The van der Waals surface area contributed by atoms with Gasteiger partial charge in [-0.1, -0.05) is 32.9 Å². The Morgan fingerprint density at radius 3 is 2.48 bits per heavy atom. The van der Waals surface area contributed by atoms with Crippen molar-refractivity contribution in [1.82, 2.24) is 19.5 Å². The summed E-state index contributed by atoms with van der Waals surface area (Å²) in [4.78, 5) is 13.5. The first kappa shape index (κ1) is 32.7. The SMILES string of the molecule is Cc1cccc(Oc2ccc(B3OC(C)(C)C(C)(Cc4c(Br)c5c(CO[Si](C)(C)C(C)(C)C)ncnc5n4C)O3)cc2F)n1. The van der Waals surface area contributed by atoms with Crippen LogP contribution in [0.1, 0.15) is 58.6 Å². The van der Waals surface area contributed by atoms with E-state index in [4.69, 9.17) is 18.5 Å². The average molecular weight is 684 g/mol. The number of benzene rings is 1. The molecule has 1 atom stereocenters. The third kappa shape index (κ3) is 6.11. The van der Waals surface area contributed by atoms with E-state index in [0.29, 0.717) is 24.4 Å². The fraction of sp³-hybridized carbons (Fsp3) is 0.469. The molecule has 1 fully saturated rings. The number of hydrogen-bond donors (Lipinski definition) is 0. The molecular formula is C32H41BBrFN4O4Si. The molecule has 12 heteroatoms. The van der Waals surface area contributed by atoms with Crippen molar-refractivity contribution in [2.75, 3.05) is 0 Å². The van der Waals surface area contributed by atoms with Gasteiger partial charge in [-0.2, -0.15) is 0 Å². The summed E-state index contributed by atoms with van der Waals surface area (Å²) < 4.78 is 43.4. The van der Waals surface area contributed by atoms with Gasteiger partial charge in [0.1, 0.15) is 12.0 Å². The molecule has 0 spiro atoms. The molecule has 0 N–H and O–H groups in total. The summed E-state index contributed by atoms with van der Waals surface area (Å²) >= 11 is 3.88. The maximum Gasteiger partial charge on any atom is 0.494 e. The highest BCUT2D eigenvalue weighted by molar-refractivity contribution is 9.10. The molecule has 0 saturated carbocycles. The summed E-state index contributed by atoms with van der Waals surface area (Å²) in [5, 5.41) is 1.02. The molecule has 5 rings (SSSR count). The lowest BCUT2D eigenvalue weighted by Crippen LogP contribution is -2.47. The Labute approximate surface area is 269 Å². The van der Waals surface area contributed by atoms with Crippen molar-refractivity contribution in [3.8, 4) is 11.6 Å². The van der Waals surface area contributed by atoms with E-state index in [1.807, 2.05) is 46.9 Å².